The van der Waals surface area contributed by atoms with E-state index in [1.54, 1.807) is 4.68 Å². The molecule has 1 aliphatic heterocycles. The van der Waals surface area contributed by atoms with E-state index in [4.69, 9.17) is 5.10 Å². The van der Waals surface area contributed by atoms with Crippen LogP contribution in [0.25, 0.3) is 0 Å². The Morgan fingerprint density at radius 1 is 1.30 bits per heavy atom. The van der Waals surface area contributed by atoms with Gasteiger partial charge < -0.3 is 5.11 Å². The van der Waals surface area contributed by atoms with Crippen molar-refractivity contribution in [2.75, 3.05) is 0 Å². The van der Waals surface area contributed by atoms with E-state index in [2.05, 4.69) is 10.2 Å². The van der Waals surface area contributed by atoms with Crippen molar-refractivity contribution >= 4 is 23.4 Å². The number of fused-ring (bicyclic) bond motifs is 1. The number of thioether (sulfide) groups is 1. The van der Waals surface area contributed by atoms with Crippen molar-refractivity contribution in [3.05, 3.63) is 41.2 Å². The van der Waals surface area contributed by atoms with Gasteiger partial charge in [0.05, 0.1) is 17.4 Å². The van der Waals surface area contributed by atoms with Gasteiger partial charge in [0.15, 0.2) is 5.82 Å². The second-order valence-electron chi connectivity index (χ2n) is 5.98. The van der Waals surface area contributed by atoms with E-state index >= 15 is 0 Å². The van der Waals surface area contributed by atoms with Gasteiger partial charge in [0.25, 0.3) is 0 Å². The van der Waals surface area contributed by atoms with Crippen molar-refractivity contribution in [2.24, 2.45) is 5.10 Å². The fourth-order valence-corrected chi connectivity index (χ4v) is 3.76. The van der Waals surface area contributed by atoms with Gasteiger partial charge in [0.1, 0.15) is 0 Å². The maximum atomic E-state index is 11.2. The number of carbonyl (C=O) groups is 1. The number of carboxylic acid groups (broad SMARTS) is 1. The number of aryl methyl sites for hydroxylation is 1. The predicted octanol–water partition coefficient (Wildman–Crippen LogP) is 2.67. The molecule has 6 nitrogen and oxygen atoms in total. The Labute approximate surface area is 137 Å². The monoisotopic (exact) mass is 328 g/mol. The van der Waals surface area contributed by atoms with Crippen LogP contribution in [-0.4, -0.2) is 36.9 Å². The average Bonchev–Trinajstić information content (AvgIpc) is 3.28. The number of hydrogen-bond donors (Lipinski definition) is 1. The minimum absolute atomic E-state index is 0.0169. The largest absolute Gasteiger partial charge is 0.481 e. The van der Waals surface area contributed by atoms with Gasteiger partial charge in [0, 0.05) is 5.92 Å². The van der Waals surface area contributed by atoms with Crippen LogP contribution in [0, 0.1) is 6.92 Å². The lowest BCUT2D eigenvalue weighted by Crippen LogP contribution is -2.27. The molecule has 2 aliphatic rings. The van der Waals surface area contributed by atoms with Gasteiger partial charge in [-0.05, 0) is 25.3 Å². The Kier molecular flexibility index (Phi) is 3.45. The minimum Gasteiger partial charge on any atom is -0.481 e. The molecule has 7 heteroatoms. The Bertz CT molecular complexity index is 793. The van der Waals surface area contributed by atoms with Crippen LogP contribution in [0.1, 0.15) is 42.1 Å². The number of aromatic nitrogens is 3. The summed E-state index contributed by atoms with van der Waals surface area (Å²) in [5, 5.41) is 22.8. The maximum Gasteiger partial charge on any atom is 0.304 e. The second-order valence-corrected chi connectivity index (χ2v) is 7.15. The fourth-order valence-electron chi connectivity index (χ4n) is 2.66. The first kappa shape index (κ1) is 14.4. The summed E-state index contributed by atoms with van der Waals surface area (Å²) in [6.45, 7) is 2.03. The molecule has 1 saturated carbocycles. The molecule has 1 aromatic carbocycles. The molecule has 118 valence electrons. The second kappa shape index (κ2) is 5.49. The Morgan fingerprint density at radius 3 is 2.70 bits per heavy atom. The number of benzene rings is 1. The smallest absolute Gasteiger partial charge is 0.304 e. The number of hydrogen-bond acceptors (Lipinski definition) is 5. The van der Waals surface area contributed by atoms with E-state index < -0.39 is 5.97 Å². The van der Waals surface area contributed by atoms with E-state index in [-0.39, 0.29) is 11.7 Å². The summed E-state index contributed by atoms with van der Waals surface area (Å²) in [5.41, 5.74) is 2.90. The highest BCUT2D eigenvalue weighted by atomic mass is 32.2. The third kappa shape index (κ3) is 2.76. The van der Waals surface area contributed by atoms with Crippen molar-refractivity contribution in [1.29, 1.82) is 0 Å². The van der Waals surface area contributed by atoms with Gasteiger partial charge in [-0.25, -0.2) is 0 Å². The minimum atomic E-state index is -0.835. The number of aliphatic carboxylic acids is 1. The first-order valence-corrected chi connectivity index (χ1v) is 8.49. The highest BCUT2D eigenvalue weighted by Gasteiger charge is 2.35. The lowest BCUT2D eigenvalue weighted by atomic mass is 10.0. The summed E-state index contributed by atoms with van der Waals surface area (Å²) in [7, 11) is 0. The quantitative estimate of drug-likeness (QED) is 0.933. The van der Waals surface area contributed by atoms with E-state index in [0.29, 0.717) is 11.1 Å². The van der Waals surface area contributed by atoms with Crippen LogP contribution >= 0.6 is 11.8 Å². The van der Waals surface area contributed by atoms with Crippen molar-refractivity contribution in [3.63, 3.8) is 0 Å². The molecule has 0 bridgehead atoms. The predicted molar refractivity (Wildman–Crippen MR) is 87.0 cm³/mol. The van der Waals surface area contributed by atoms with Crippen molar-refractivity contribution in [1.82, 2.24) is 14.9 Å². The van der Waals surface area contributed by atoms with E-state index in [9.17, 15) is 9.90 Å². The molecule has 0 radical (unpaired) electrons. The summed E-state index contributed by atoms with van der Waals surface area (Å²) in [5.74, 6) is 0.500. The van der Waals surface area contributed by atoms with E-state index in [1.807, 2.05) is 31.2 Å². The van der Waals surface area contributed by atoms with Crippen molar-refractivity contribution in [3.8, 4) is 0 Å². The highest BCUT2D eigenvalue weighted by molar-refractivity contribution is 8.00. The molecule has 1 atom stereocenters. The lowest BCUT2D eigenvalue weighted by Gasteiger charge is -2.22. The van der Waals surface area contributed by atoms with Gasteiger partial charge in [-0.1, -0.05) is 41.6 Å². The molecule has 1 aromatic heterocycles. The molecule has 1 fully saturated rings. The molecule has 2 aromatic rings. The molecule has 0 unspecified atom stereocenters. The SMILES string of the molecule is Cc1ccc(C2=Nn3c(nnc3C3CC3)S[C@H]2CC(=O)O)cc1. The highest BCUT2D eigenvalue weighted by Crippen LogP contribution is 2.42. The average molecular weight is 328 g/mol. The lowest BCUT2D eigenvalue weighted by molar-refractivity contribution is -0.136. The van der Waals surface area contributed by atoms with Crippen LogP contribution in [0.3, 0.4) is 0 Å². The van der Waals surface area contributed by atoms with Crippen molar-refractivity contribution in [2.45, 2.75) is 42.5 Å². The first-order valence-electron chi connectivity index (χ1n) is 7.61. The molecule has 23 heavy (non-hydrogen) atoms. The third-order valence-corrected chi connectivity index (χ3v) is 5.19. The van der Waals surface area contributed by atoms with Crippen LogP contribution in [-0.2, 0) is 4.79 Å². The van der Waals surface area contributed by atoms with Gasteiger partial charge in [0.2, 0.25) is 5.16 Å². The molecule has 4 rings (SSSR count). The molecule has 0 saturated heterocycles. The van der Waals surface area contributed by atoms with Gasteiger partial charge in [-0.15, -0.1) is 10.2 Å². The number of rotatable bonds is 4. The number of carboxylic acids is 1. The maximum absolute atomic E-state index is 11.2. The van der Waals surface area contributed by atoms with Crippen LogP contribution < -0.4 is 0 Å². The Morgan fingerprint density at radius 2 is 2.04 bits per heavy atom. The molecular formula is C16H16N4O2S. The van der Waals surface area contributed by atoms with Gasteiger partial charge in [-0.3, -0.25) is 4.79 Å². The van der Waals surface area contributed by atoms with Gasteiger partial charge >= 0.3 is 5.97 Å². The topological polar surface area (TPSA) is 80.4 Å². The zero-order valence-electron chi connectivity index (χ0n) is 12.6. The van der Waals surface area contributed by atoms with Crippen LogP contribution in [0.5, 0.6) is 0 Å². The zero-order chi connectivity index (χ0) is 16.0. The van der Waals surface area contributed by atoms with Gasteiger partial charge in [-0.2, -0.15) is 9.78 Å². The molecule has 1 N–H and O–H groups in total. The normalized spacial score (nSPS) is 20.0. The van der Waals surface area contributed by atoms with E-state index in [0.717, 1.165) is 35.5 Å². The van der Waals surface area contributed by atoms with Crippen LogP contribution in [0.2, 0.25) is 0 Å². The molecule has 2 heterocycles. The summed E-state index contributed by atoms with van der Waals surface area (Å²) in [6, 6.07) is 8.03. The standard InChI is InChI=1S/C16H16N4O2S/c1-9-2-4-10(5-3-9)14-12(8-13(21)22)23-16-18-17-15(11-6-7-11)20(16)19-14/h2-5,11-12H,6-8H2,1H3,(H,21,22)/t12-/m0/s1. The Balaban J connectivity index is 1.78. The van der Waals surface area contributed by atoms with E-state index in [1.165, 1.54) is 11.8 Å². The first-order chi connectivity index (χ1) is 11.1. The summed E-state index contributed by atoms with van der Waals surface area (Å²) in [4.78, 5) is 11.2. The Hall–Kier alpha value is -2.15. The third-order valence-electron chi connectivity index (χ3n) is 4.05. The summed E-state index contributed by atoms with van der Waals surface area (Å²) < 4.78 is 1.80. The molecule has 0 amide bonds. The number of nitrogens with zero attached hydrogens (tertiary/aromatic N) is 4. The van der Waals surface area contributed by atoms with Crippen molar-refractivity contribution < 1.29 is 9.90 Å². The molecular weight excluding hydrogens is 312 g/mol. The summed E-state index contributed by atoms with van der Waals surface area (Å²) >= 11 is 1.44. The molecule has 1 aliphatic carbocycles. The van der Waals surface area contributed by atoms with Crippen LogP contribution in [0.15, 0.2) is 34.5 Å². The summed E-state index contributed by atoms with van der Waals surface area (Å²) in [6.07, 6.45) is 2.26. The van der Waals surface area contributed by atoms with Crippen LogP contribution in [0.4, 0.5) is 0 Å². The zero-order valence-corrected chi connectivity index (χ0v) is 13.5. The fraction of sp³-hybridized carbons (Fsp3) is 0.375. The molecule has 0 spiro atoms.